The highest BCUT2D eigenvalue weighted by molar-refractivity contribution is 5.59. The summed E-state index contributed by atoms with van der Waals surface area (Å²) in [5.74, 6) is 0. The zero-order chi connectivity index (χ0) is 14.3. The van der Waals surface area contributed by atoms with Gasteiger partial charge in [-0.05, 0) is 25.0 Å². The number of hydrogen-bond donors (Lipinski definition) is 1. The molecule has 0 aliphatic carbocycles. The Kier molecular flexibility index (Phi) is 3.08. The topological polar surface area (TPSA) is 31.9 Å². The van der Waals surface area contributed by atoms with Crippen LogP contribution in [0.2, 0.25) is 0 Å². The van der Waals surface area contributed by atoms with Crippen LogP contribution in [0.15, 0.2) is 30.5 Å². The monoisotopic (exact) mass is 269 g/mol. The van der Waals surface area contributed by atoms with Gasteiger partial charge in [0.25, 0.3) is 0 Å². The van der Waals surface area contributed by atoms with Crippen LogP contribution in [0.4, 0.5) is 5.69 Å². The van der Waals surface area contributed by atoms with Crippen LogP contribution in [0.5, 0.6) is 0 Å². The smallest absolute Gasteiger partial charge is 0.0540 e. The number of anilines is 1. The van der Waals surface area contributed by atoms with E-state index < -0.39 is 0 Å². The van der Waals surface area contributed by atoms with E-state index in [1.807, 2.05) is 6.20 Å². The molecule has 0 saturated carbocycles. The van der Waals surface area contributed by atoms with E-state index in [4.69, 9.17) is 0 Å². The van der Waals surface area contributed by atoms with Gasteiger partial charge in [0.15, 0.2) is 0 Å². The van der Waals surface area contributed by atoms with Gasteiger partial charge in [0, 0.05) is 34.9 Å². The van der Waals surface area contributed by atoms with Crippen molar-refractivity contribution in [2.45, 2.75) is 52.1 Å². The highest BCUT2D eigenvalue weighted by Crippen LogP contribution is 2.34. The summed E-state index contributed by atoms with van der Waals surface area (Å²) in [5, 5.41) is 7.44. The molecule has 0 saturated heterocycles. The molecule has 1 aromatic carbocycles. The van der Waals surface area contributed by atoms with Gasteiger partial charge < -0.3 is 4.90 Å². The van der Waals surface area contributed by atoms with E-state index >= 15 is 0 Å². The molecule has 1 aliphatic heterocycles. The van der Waals surface area contributed by atoms with Crippen LogP contribution in [0.25, 0.3) is 0 Å². The molecule has 1 N–H and O–H groups in total. The molecule has 3 nitrogen and oxygen atoms in total. The second-order valence-electron chi connectivity index (χ2n) is 6.83. The number of H-pyrrole nitrogens is 1. The summed E-state index contributed by atoms with van der Waals surface area (Å²) in [6.07, 6.45) is 3.12. The lowest BCUT2D eigenvalue weighted by atomic mass is 9.89. The van der Waals surface area contributed by atoms with Crippen molar-refractivity contribution < 1.29 is 0 Å². The lowest BCUT2D eigenvalue weighted by molar-refractivity contribution is 0.556. The number of aromatic nitrogens is 2. The summed E-state index contributed by atoms with van der Waals surface area (Å²) in [4.78, 5) is 2.50. The molecule has 1 aliphatic rings. The molecule has 1 atom stereocenters. The molecule has 2 aromatic rings. The third kappa shape index (κ3) is 2.21. The zero-order valence-corrected chi connectivity index (χ0v) is 12.8. The number of benzene rings is 1. The second kappa shape index (κ2) is 4.65. The summed E-state index contributed by atoms with van der Waals surface area (Å²) in [6.45, 7) is 9.92. The summed E-state index contributed by atoms with van der Waals surface area (Å²) >= 11 is 0. The van der Waals surface area contributed by atoms with Gasteiger partial charge in [-0.25, -0.2) is 0 Å². The fraction of sp³-hybridized carbons (Fsp3) is 0.471. The van der Waals surface area contributed by atoms with E-state index in [2.05, 4.69) is 67.1 Å². The fourth-order valence-corrected chi connectivity index (χ4v) is 3.13. The normalized spacial score (nSPS) is 18.4. The molecule has 0 amide bonds. The lowest BCUT2D eigenvalue weighted by Crippen LogP contribution is -2.29. The number of rotatable bonds is 2. The Morgan fingerprint density at radius 3 is 2.80 bits per heavy atom. The minimum atomic E-state index is 0.105. The maximum atomic E-state index is 4.26. The summed E-state index contributed by atoms with van der Waals surface area (Å²) in [6, 6.07) is 9.29. The Morgan fingerprint density at radius 2 is 2.05 bits per heavy atom. The lowest BCUT2D eigenvalue weighted by Gasteiger charge is -2.27. The van der Waals surface area contributed by atoms with Gasteiger partial charge in [0.2, 0.25) is 0 Å². The van der Waals surface area contributed by atoms with Crippen LogP contribution < -0.4 is 4.90 Å². The van der Waals surface area contributed by atoms with Crippen molar-refractivity contribution in [3.05, 3.63) is 47.3 Å². The van der Waals surface area contributed by atoms with Gasteiger partial charge in [-0.3, -0.25) is 5.10 Å². The third-order valence-corrected chi connectivity index (χ3v) is 4.16. The average molecular weight is 269 g/mol. The molecule has 1 unspecified atom stereocenters. The first kappa shape index (κ1) is 13.2. The molecule has 0 radical (unpaired) electrons. The highest BCUT2D eigenvalue weighted by atomic mass is 15.2. The van der Waals surface area contributed by atoms with Crippen LogP contribution in [-0.4, -0.2) is 16.2 Å². The molecule has 0 spiro atoms. The molecule has 1 aromatic heterocycles. The minimum Gasteiger partial charge on any atom is -0.364 e. The first-order valence-electron chi connectivity index (χ1n) is 7.34. The largest absolute Gasteiger partial charge is 0.364 e. The third-order valence-electron chi connectivity index (χ3n) is 4.16. The van der Waals surface area contributed by atoms with Gasteiger partial charge >= 0.3 is 0 Å². The predicted octanol–water partition coefficient (Wildman–Crippen LogP) is 3.66. The first-order chi connectivity index (χ1) is 9.47. The summed E-state index contributed by atoms with van der Waals surface area (Å²) < 4.78 is 0. The predicted molar refractivity (Wildman–Crippen MR) is 83.1 cm³/mol. The number of nitrogens with zero attached hydrogens (tertiary/aromatic N) is 2. The van der Waals surface area contributed by atoms with Crippen LogP contribution in [0.3, 0.4) is 0 Å². The number of hydrogen-bond acceptors (Lipinski definition) is 2. The van der Waals surface area contributed by atoms with E-state index in [9.17, 15) is 0 Å². The molecule has 20 heavy (non-hydrogen) atoms. The second-order valence-corrected chi connectivity index (χ2v) is 6.83. The molecule has 0 bridgehead atoms. The van der Waals surface area contributed by atoms with Crippen molar-refractivity contribution in [2.24, 2.45) is 0 Å². The van der Waals surface area contributed by atoms with Crippen molar-refractivity contribution in [1.29, 1.82) is 0 Å². The molecule has 2 heterocycles. The molecule has 3 heteroatoms. The van der Waals surface area contributed by atoms with Crippen LogP contribution in [0.1, 0.15) is 44.5 Å². The minimum absolute atomic E-state index is 0.105. The maximum absolute atomic E-state index is 4.26. The number of para-hydroxylation sites is 1. The van der Waals surface area contributed by atoms with Crippen molar-refractivity contribution in [1.82, 2.24) is 10.2 Å². The Labute approximate surface area is 121 Å². The Morgan fingerprint density at radius 1 is 1.30 bits per heavy atom. The summed E-state index contributed by atoms with van der Waals surface area (Å²) in [7, 11) is 0. The SMILES string of the molecule is CC1Cc2ccccc2N1Cc1cn[nH]c1C(C)(C)C. The van der Waals surface area contributed by atoms with E-state index in [1.54, 1.807) is 0 Å². The van der Waals surface area contributed by atoms with E-state index in [0.717, 1.165) is 13.0 Å². The Bertz CT molecular complexity index is 607. The van der Waals surface area contributed by atoms with Crippen LogP contribution in [-0.2, 0) is 18.4 Å². The van der Waals surface area contributed by atoms with E-state index in [-0.39, 0.29) is 5.41 Å². The van der Waals surface area contributed by atoms with Gasteiger partial charge in [-0.1, -0.05) is 39.0 Å². The average Bonchev–Trinajstić information content (AvgIpc) is 2.95. The highest BCUT2D eigenvalue weighted by Gasteiger charge is 2.28. The van der Waals surface area contributed by atoms with Crippen molar-refractivity contribution in [3.63, 3.8) is 0 Å². The zero-order valence-electron chi connectivity index (χ0n) is 12.8. The van der Waals surface area contributed by atoms with E-state index in [0.29, 0.717) is 6.04 Å². The quantitative estimate of drug-likeness (QED) is 0.902. The molecule has 3 rings (SSSR count). The molecule has 0 fully saturated rings. The van der Waals surface area contributed by atoms with Gasteiger partial charge in [-0.2, -0.15) is 5.10 Å². The molecular weight excluding hydrogens is 246 g/mol. The van der Waals surface area contributed by atoms with Gasteiger partial charge in [-0.15, -0.1) is 0 Å². The maximum Gasteiger partial charge on any atom is 0.0540 e. The molecular formula is C17H23N3. The van der Waals surface area contributed by atoms with Gasteiger partial charge in [0.1, 0.15) is 0 Å². The Hall–Kier alpha value is -1.77. The number of nitrogens with one attached hydrogen (secondary N) is 1. The first-order valence-corrected chi connectivity index (χ1v) is 7.34. The van der Waals surface area contributed by atoms with E-state index in [1.165, 1.54) is 22.5 Å². The van der Waals surface area contributed by atoms with Crippen LogP contribution >= 0.6 is 0 Å². The van der Waals surface area contributed by atoms with Crippen LogP contribution in [0, 0.1) is 0 Å². The van der Waals surface area contributed by atoms with Crippen molar-refractivity contribution in [2.75, 3.05) is 4.90 Å². The van der Waals surface area contributed by atoms with Gasteiger partial charge in [0.05, 0.1) is 6.20 Å². The number of fused-ring (bicyclic) bond motifs is 1. The molecule has 106 valence electrons. The van der Waals surface area contributed by atoms with Crippen molar-refractivity contribution in [3.8, 4) is 0 Å². The summed E-state index contributed by atoms with van der Waals surface area (Å²) in [5.41, 5.74) is 5.49. The standard InChI is InChI=1S/C17H23N3/c1-12-9-13-7-5-6-8-15(13)20(12)11-14-10-18-19-16(14)17(2,3)4/h5-8,10,12H,9,11H2,1-4H3,(H,18,19). The van der Waals surface area contributed by atoms with Crippen molar-refractivity contribution >= 4 is 5.69 Å². The Balaban J connectivity index is 1.91. The fourth-order valence-electron chi connectivity index (χ4n) is 3.13. The number of aromatic amines is 1.